The van der Waals surface area contributed by atoms with Crippen molar-refractivity contribution in [3.8, 4) is 0 Å². The summed E-state index contributed by atoms with van der Waals surface area (Å²) < 4.78 is 0. The zero-order chi connectivity index (χ0) is 103. The van der Waals surface area contributed by atoms with E-state index in [0.29, 0.717) is 62.2 Å². The molecule has 0 fully saturated rings. The van der Waals surface area contributed by atoms with E-state index in [2.05, 4.69) is 47.9 Å². The molecule has 32 nitrogen and oxygen atoms in total. The van der Waals surface area contributed by atoms with E-state index in [9.17, 15) is 81.8 Å². The summed E-state index contributed by atoms with van der Waals surface area (Å²) in [4.78, 5) is 186. The Hall–Kier alpha value is -19.4. The number of aromatic carboxylic acids is 7. The van der Waals surface area contributed by atoms with Gasteiger partial charge in [0.1, 0.15) is 0 Å². The van der Waals surface area contributed by atoms with E-state index in [4.69, 9.17) is 30.6 Å². The molecule has 0 saturated heterocycles. The molecule has 0 radical (unpaired) electrons. The third-order valence-corrected chi connectivity index (χ3v) is 20.7. The third-order valence-electron chi connectivity index (χ3n) is 20.7. The van der Waals surface area contributed by atoms with Crippen LogP contribution in [0.1, 0.15) is 207 Å². The number of carbonyl (C=O) groups excluding carboxylic acids is 9. The average molecular weight is 1900 g/mol. The van der Waals surface area contributed by atoms with Gasteiger partial charge in [-0.05, 0) is 336 Å². The Morgan fingerprint density at radius 2 is 0.390 bits per heavy atom. The summed E-state index contributed by atoms with van der Waals surface area (Å²) in [7, 11) is 0. The number of carboxylic acid groups (broad SMARTS) is 7. The summed E-state index contributed by atoms with van der Waals surface area (Å²) in [6, 6.07) is 83.1. The van der Waals surface area contributed by atoms with Gasteiger partial charge in [-0.15, -0.1) is 0 Å². The first-order chi connectivity index (χ1) is 67.1. The zero-order valence-electron chi connectivity index (χ0n) is 77.2. The van der Waals surface area contributed by atoms with Crippen molar-refractivity contribution in [1.29, 1.82) is 0 Å². The molecule has 0 aliphatic heterocycles. The number of carbonyl (C=O) groups is 16. The number of hydrogen-bond acceptors (Lipinski definition) is 16. The molecule has 14 aromatic carbocycles. The van der Waals surface area contributed by atoms with Crippen molar-refractivity contribution in [3.63, 3.8) is 0 Å². The van der Waals surface area contributed by atoms with Crippen LogP contribution in [0.15, 0.2) is 315 Å². The molecule has 0 aliphatic carbocycles. The van der Waals surface area contributed by atoms with Gasteiger partial charge in [-0.25, -0.2) is 33.6 Å². The molecule has 0 saturated carbocycles. The minimum atomic E-state index is -1.17. The highest BCUT2D eigenvalue weighted by molar-refractivity contribution is 6.17. The molecule has 9 amide bonds. The van der Waals surface area contributed by atoms with Crippen molar-refractivity contribution in [2.45, 2.75) is 62.3 Å². The standard InChI is InChI=1S/C23H20N2O4.C22H16N2O6.C16H14N2O4.3C16H15NO3/c1-14-11-15(2)13-18(12-14)25-21(26)16-7-9-17(10-8-16)24-22(27)19-5-3-4-6-20(19)23(28)29;25-19(23-15-9-5-13(6-10-15)21(27)28)17-3-1-2-4-18(17)20(26)24-16-11-7-14(8-12-16)22(29)30;1-10(19)17-11-6-8-12(9-7-11)18-15(20)13-4-2-3-5-14(13)16(21)22;2*1-10-3-4-13(9-11(10)2)15(18)17-14-7-5-12(6-8-14)16(19)20;1-10-7-8-11(2)14(9-10)17-15(18)12-5-3-4-6-13(12)16(19)20/h3-13H,1-2H3,(H,24,27)(H,25,26)(H,28,29);1-12H,(H,23,25)(H,24,26)(H,27,28)(H,29,30);2-9H,1H3,(H,17,19)(H,18,20)(H,21,22);3*3-9H,1-2H3,(H,17,18)(H,19,20). The number of hydrogen-bond donors (Lipinski definition) is 16. The first-order valence-corrected chi connectivity index (χ1v) is 42.8. The van der Waals surface area contributed by atoms with E-state index in [1.165, 1.54) is 128 Å². The second kappa shape index (κ2) is 50.1. The Balaban J connectivity index is 0.000000191. The summed E-state index contributed by atoms with van der Waals surface area (Å²) in [6.45, 7) is 17.0. The fraction of sp³-hybridized carbons (Fsp3) is 0.0826. The summed E-state index contributed by atoms with van der Waals surface area (Å²) >= 11 is 0. The summed E-state index contributed by atoms with van der Waals surface area (Å²) in [6.07, 6.45) is 0. The Morgan fingerprint density at radius 1 is 0.170 bits per heavy atom. The third kappa shape index (κ3) is 31.6. The smallest absolute Gasteiger partial charge is 0.336 e. The largest absolute Gasteiger partial charge is 0.478 e. The molecule has 0 atom stereocenters. The lowest BCUT2D eigenvalue weighted by atomic mass is 10.1. The molecular weight excluding hydrogens is 1800 g/mol. The second-order valence-corrected chi connectivity index (χ2v) is 31.4. The SMILES string of the molecule is CC(=O)Nc1ccc(NC(=O)c2ccccc2C(=O)O)cc1.Cc1cc(C)cc(NC(=O)c2ccc(NC(=O)c3ccccc3C(=O)O)cc2)c1.Cc1ccc(C(=O)Nc2ccc(C(=O)O)cc2)cc1C.Cc1ccc(C(=O)Nc2ccc(C(=O)O)cc2)cc1C.Cc1ccc(C)c(NC(=O)c2ccccc2C(=O)O)c1.O=C(O)c1ccc(NC(=O)c2ccccc2C(=O)Nc2ccc(C(=O)O)cc2)cc1. The van der Waals surface area contributed by atoms with E-state index >= 15 is 0 Å². The van der Waals surface area contributed by atoms with E-state index in [1.54, 1.807) is 133 Å². The molecule has 141 heavy (non-hydrogen) atoms. The van der Waals surface area contributed by atoms with Crippen LogP contribution < -0.4 is 47.9 Å². The maximum absolute atomic E-state index is 12.7. The van der Waals surface area contributed by atoms with Crippen LogP contribution in [0.4, 0.5) is 51.2 Å². The van der Waals surface area contributed by atoms with Gasteiger partial charge in [0.15, 0.2) is 0 Å². The van der Waals surface area contributed by atoms with Crippen LogP contribution in [0.2, 0.25) is 0 Å². The minimum absolute atomic E-state index is 0.00435. The topological polar surface area (TPSA) is 523 Å². The first-order valence-electron chi connectivity index (χ1n) is 42.8. The van der Waals surface area contributed by atoms with E-state index in [-0.39, 0.29) is 90.4 Å². The summed E-state index contributed by atoms with van der Waals surface area (Å²) in [5, 5.41) is 87.1. The van der Waals surface area contributed by atoms with Crippen LogP contribution in [0.25, 0.3) is 0 Å². The molecule has 0 spiro atoms. The molecular formula is C109H95N9O23. The Morgan fingerprint density at radius 3 is 0.660 bits per heavy atom. The molecule has 714 valence electrons. The fourth-order valence-electron chi connectivity index (χ4n) is 13.1. The zero-order valence-corrected chi connectivity index (χ0v) is 77.2. The highest BCUT2D eigenvalue weighted by Crippen LogP contribution is 2.26. The minimum Gasteiger partial charge on any atom is -0.478 e. The van der Waals surface area contributed by atoms with Crippen molar-refractivity contribution < 1.29 is 112 Å². The molecule has 0 aromatic heterocycles. The Labute approximate surface area is 807 Å². The van der Waals surface area contributed by atoms with Gasteiger partial charge < -0.3 is 83.6 Å². The van der Waals surface area contributed by atoms with Crippen molar-refractivity contribution in [2.75, 3.05) is 47.9 Å². The van der Waals surface area contributed by atoms with Gasteiger partial charge in [-0.1, -0.05) is 78.9 Å². The maximum Gasteiger partial charge on any atom is 0.336 e. The quantitative estimate of drug-likeness (QED) is 0.0267. The molecule has 14 rings (SSSR count). The monoisotopic (exact) mass is 1900 g/mol. The lowest BCUT2D eigenvalue weighted by Gasteiger charge is -2.11. The van der Waals surface area contributed by atoms with E-state index in [1.807, 2.05) is 116 Å². The van der Waals surface area contributed by atoms with E-state index < -0.39 is 71.3 Å². The van der Waals surface area contributed by atoms with Gasteiger partial charge in [0, 0.05) is 74.8 Å². The van der Waals surface area contributed by atoms with Crippen molar-refractivity contribution in [2.24, 2.45) is 0 Å². The van der Waals surface area contributed by atoms with Crippen LogP contribution in [0.3, 0.4) is 0 Å². The number of amides is 9. The van der Waals surface area contributed by atoms with Crippen molar-refractivity contribution >= 4 is 146 Å². The first kappa shape index (κ1) is 105. The summed E-state index contributed by atoms with van der Waals surface area (Å²) in [5.41, 5.74) is 15.9. The summed E-state index contributed by atoms with van der Waals surface area (Å²) in [5.74, 6) is -11.0. The van der Waals surface area contributed by atoms with Gasteiger partial charge in [0.2, 0.25) is 5.91 Å². The fourth-order valence-corrected chi connectivity index (χ4v) is 13.1. The number of anilines is 9. The Bertz CT molecular complexity index is 6860. The van der Waals surface area contributed by atoms with Crippen LogP contribution >= 0.6 is 0 Å². The predicted octanol–water partition coefficient (Wildman–Crippen LogP) is 20.5. The number of aryl methyl sites for hydroxylation is 8. The molecule has 0 bridgehead atoms. The average Bonchev–Trinajstić information content (AvgIpc) is 0.834. The van der Waals surface area contributed by atoms with Crippen LogP contribution in [-0.2, 0) is 4.79 Å². The lowest BCUT2D eigenvalue weighted by molar-refractivity contribution is -0.114. The molecule has 0 aliphatic rings. The number of benzene rings is 14. The highest BCUT2D eigenvalue weighted by Gasteiger charge is 2.23. The van der Waals surface area contributed by atoms with Crippen LogP contribution in [-0.4, -0.2) is 131 Å². The molecule has 16 N–H and O–H groups in total. The lowest BCUT2D eigenvalue weighted by Crippen LogP contribution is -2.20. The normalized spacial score (nSPS) is 10.1. The van der Waals surface area contributed by atoms with Crippen molar-refractivity contribution in [1.82, 2.24) is 0 Å². The van der Waals surface area contributed by atoms with Gasteiger partial charge in [-0.3, -0.25) is 43.2 Å². The highest BCUT2D eigenvalue weighted by atomic mass is 16.4. The molecule has 0 heterocycles. The van der Waals surface area contributed by atoms with Crippen LogP contribution in [0.5, 0.6) is 0 Å². The van der Waals surface area contributed by atoms with Crippen molar-refractivity contribution in [3.05, 3.63) is 443 Å². The van der Waals surface area contributed by atoms with Crippen LogP contribution in [0, 0.1) is 55.4 Å². The van der Waals surface area contributed by atoms with Gasteiger partial charge in [0.05, 0.1) is 66.8 Å². The number of carboxylic acids is 7. The second-order valence-electron chi connectivity index (χ2n) is 31.4. The number of nitrogens with one attached hydrogen (secondary N) is 9. The molecule has 0 unspecified atom stereocenters. The predicted molar refractivity (Wildman–Crippen MR) is 535 cm³/mol. The number of rotatable bonds is 24. The van der Waals surface area contributed by atoms with Gasteiger partial charge >= 0.3 is 41.8 Å². The maximum atomic E-state index is 12.7. The van der Waals surface area contributed by atoms with Gasteiger partial charge in [-0.2, -0.15) is 0 Å². The Kier molecular flexibility index (Phi) is 37.4. The molecule has 14 aromatic rings. The van der Waals surface area contributed by atoms with Gasteiger partial charge in [0.25, 0.3) is 47.3 Å². The molecule has 32 heteroatoms. The van der Waals surface area contributed by atoms with E-state index in [0.717, 1.165) is 50.2 Å².